The quantitative estimate of drug-likeness (QED) is 0.340. The molecule has 0 radical (unpaired) electrons. The number of ether oxygens (including phenoxy) is 1. The lowest BCUT2D eigenvalue weighted by Gasteiger charge is -2.27. The Morgan fingerprint density at radius 3 is 2.61 bits per heavy atom. The number of aromatic nitrogens is 6. The van der Waals surface area contributed by atoms with Gasteiger partial charge >= 0.3 is 0 Å². The van der Waals surface area contributed by atoms with Gasteiger partial charge in [-0.25, -0.2) is 9.97 Å². The lowest BCUT2D eigenvalue weighted by atomic mass is 10.1. The van der Waals surface area contributed by atoms with Crippen LogP contribution < -0.4 is 10.2 Å². The molecule has 0 saturated carbocycles. The molecule has 1 saturated heterocycles. The van der Waals surface area contributed by atoms with Gasteiger partial charge in [0, 0.05) is 48.1 Å². The van der Waals surface area contributed by atoms with Gasteiger partial charge in [0.2, 0.25) is 5.91 Å². The number of carbonyl (C=O) groups is 1. The summed E-state index contributed by atoms with van der Waals surface area (Å²) in [5.74, 6) is 0.796. The molecule has 5 heterocycles. The first-order valence-corrected chi connectivity index (χ1v) is 11.7. The molecular weight excluding hydrogens is 456 g/mol. The molecule has 1 aliphatic heterocycles. The number of nitrogens with zero attached hydrogens (tertiary/aromatic N) is 5. The number of morpholine rings is 1. The van der Waals surface area contributed by atoms with Crippen molar-refractivity contribution in [2.45, 2.75) is 6.42 Å². The molecule has 180 valence electrons. The van der Waals surface area contributed by atoms with Crippen LogP contribution in [-0.2, 0) is 16.0 Å². The molecule has 36 heavy (non-hydrogen) atoms. The Hall–Kier alpha value is -4.57. The van der Waals surface area contributed by atoms with Gasteiger partial charge in [0.05, 0.1) is 30.7 Å². The number of amides is 1. The molecule has 5 aromatic rings. The molecule has 1 aliphatic rings. The van der Waals surface area contributed by atoms with Crippen LogP contribution in [0, 0.1) is 0 Å². The number of aromatic amines is 2. The van der Waals surface area contributed by atoms with E-state index in [1.165, 1.54) is 0 Å². The molecule has 3 N–H and O–H groups in total. The fourth-order valence-corrected chi connectivity index (χ4v) is 4.34. The van der Waals surface area contributed by atoms with Crippen LogP contribution in [0.25, 0.3) is 33.5 Å². The number of nitrogens with one attached hydrogen (secondary N) is 3. The summed E-state index contributed by atoms with van der Waals surface area (Å²) in [6, 6.07) is 15.4. The van der Waals surface area contributed by atoms with Crippen LogP contribution in [-0.4, -0.2) is 62.3 Å². The van der Waals surface area contributed by atoms with Crippen molar-refractivity contribution in [1.29, 1.82) is 0 Å². The topological polar surface area (TPSA) is 125 Å². The number of H-pyrrole nitrogens is 2. The summed E-state index contributed by atoms with van der Waals surface area (Å²) >= 11 is 0. The van der Waals surface area contributed by atoms with E-state index in [0.717, 1.165) is 63.8 Å². The minimum Gasteiger partial charge on any atom is -0.378 e. The Labute approximate surface area is 206 Å². The molecule has 10 heteroatoms. The number of pyridine rings is 1. The maximum absolute atomic E-state index is 12.6. The molecule has 0 atom stereocenters. The van der Waals surface area contributed by atoms with Gasteiger partial charge in [0.15, 0.2) is 0 Å². The molecule has 4 aromatic heterocycles. The Kier molecular flexibility index (Phi) is 5.84. The van der Waals surface area contributed by atoms with Gasteiger partial charge in [0.25, 0.3) is 0 Å². The molecule has 1 amide bonds. The average molecular weight is 481 g/mol. The van der Waals surface area contributed by atoms with Crippen molar-refractivity contribution in [3.8, 4) is 22.5 Å². The highest BCUT2D eigenvalue weighted by Crippen LogP contribution is 2.29. The van der Waals surface area contributed by atoms with Crippen LogP contribution in [0.1, 0.15) is 5.69 Å². The van der Waals surface area contributed by atoms with E-state index in [2.05, 4.69) is 46.4 Å². The third-order valence-corrected chi connectivity index (χ3v) is 6.15. The van der Waals surface area contributed by atoms with E-state index >= 15 is 0 Å². The van der Waals surface area contributed by atoms with E-state index in [1.54, 1.807) is 18.7 Å². The van der Waals surface area contributed by atoms with Gasteiger partial charge in [-0.1, -0.05) is 12.1 Å². The van der Waals surface area contributed by atoms with Gasteiger partial charge < -0.3 is 19.9 Å². The smallest absolute Gasteiger partial charge is 0.230 e. The zero-order valence-corrected chi connectivity index (χ0v) is 19.4. The van der Waals surface area contributed by atoms with E-state index in [4.69, 9.17) is 4.74 Å². The summed E-state index contributed by atoms with van der Waals surface area (Å²) in [6.07, 6.45) is 5.22. The second-order valence-electron chi connectivity index (χ2n) is 8.56. The fourth-order valence-electron chi connectivity index (χ4n) is 4.34. The molecule has 1 aromatic carbocycles. The average Bonchev–Trinajstić information content (AvgIpc) is 3.57. The van der Waals surface area contributed by atoms with Crippen molar-refractivity contribution < 1.29 is 9.53 Å². The van der Waals surface area contributed by atoms with Crippen molar-refractivity contribution in [3.63, 3.8) is 0 Å². The summed E-state index contributed by atoms with van der Waals surface area (Å²) in [4.78, 5) is 31.1. The molecular formula is C26H24N8O2. The first kappa shape index (κ1) is 21.9. The van der Waals surface area contributed by atoms with Gasteiger partial charge in [0.1, 0.15) is 17.8 Å². The summed E-state index contributed by atoms with van der Waals surface area (Å²) in [5, 5.41) is 11.2. The second kappa shape index (κ2) is 9.59. The van der Waals surface area contributed by atoms with Crippen LogP contribution in [0.5, 0.6) is 0 Å². The lowest BCUT2D eigenvalue weighted by molar-refractivity contribution is -0.115. The summed E-state index contributed by atoms with van der Waals surface area (Å²) < 4.78 is 5.47. The number of fused-ring (bicyclic) bond motifs is 1. The largest absolute Gasteiger partial charge is 0.378 e. The molecule has 0 bridgehead atoms. The third-order valence-electron chi connectivity index (χ3n) is 6.15. The maximum Gasteiger partial charge on any atom is 0.230 e. The number of hydrogen-bond donors (Lipinski definition) is 3. The predicted octanol–water partition coefficient (Wildman–Crippen LogP) is 3.43. The fraction of sp³-hybridized carbons (Fsp3) is 0.192. The van der Waals surface area contributed by atoms with E-state index in [-0.39, 0.29) is 12.3 Å². The number of benzene rings is 1. The van der Waals surface area contributed by atoms with Crippen LogP contribution in [0.2, 0.25) is 0 Å². The minimum atomic E-state index is -0.122. The van der Waals surface area contributed by atoms with E-state index in [9.17, 15) is 4.79 Å². The number of anilines is 2. The Morgan fingerprint density at radius 1 is 1.00 bits per heavy atom. The highest BCUT2D eigenvalue weighted by Gasteiger charge is 2.17. The van der Waals surface area contributed by atoms with Crippen molar-refractivity contribution in [3.05, 3.63) is 72.9 Å². The van der Waals surface area contributed by atoms with Crippen LogP contribution in [0.15, 0.2) is 67.3 Å². The van der Waals surface area contributed by atoms with Crippen LogP contribution in [0.3, 0.4) is 0 Å². The zero-order valence-electron chi connectivity index (χ0n) is 19.4. The van der Waals surface area contributed by atoms with E-state index < -0.39 is 0 Å². The SMILES string of the molecule is O=C(Cc1cc(-c2ccncc2)n[nH]1)Nc1ccc(-c2cc3c(N4CCOCC4)ncnc3[nH]2)cc1. The first-order valence-electron chi connectivity index (χ1n) is 11.7. The Balaban J connectivity index is 1.14. The molecule has 0 unspecified atom stereocenters. The van der Waals surface area contributed by atoms with E-state index in [1.807, 2.05) is 42.5 Å². The standard InChI is InChI=1S/C26H24N8O2/c35-24(14-20-13-23(33-32-20)18-5-7-27-8-6-18)30-19-3-1-17(2-4-19)22-15-21-25(31-22)28-16-29-26(21)34-9-11-36-12-10-34/h1-8,13,15-16H,9-12,14H2,(H,30,35)(H,32,33)(H,28,29,31). The first-order chi connectivity index (χ1) is 17.7. The number of hydrogen-bond acceptors (Lipinski definition) is 7. The van der Waals surface area contributed by atoms with Crippen molar-refractivity contribution >= 4 is 28.4 Å². The highest BCUT2D eigenvalue weighted by atomic mass is 16.5. The second-order valence-corrected chi connectivity index (χ2v) is 8.56. The monoisotopic (exact) mass is 480 g/mol. The van der Waals surface area contributed by atoms with Crippen LogP contribution >= 0.6 is 0 Å². The molecule has 0 aliphatic carbocycles. The number of carbonyl (C=O) groups excluding carboxylic acids is 1. The zero-order chi connectivity index (χ0) is 24.3. The Morgan fingerprint density at radius 2 is 1.81 bits per heavy atom. The summed E-state index contributed by atoms with van der Waals surface area (Å²) in [5.41, 5.74) is 5.93. The summed E-state index contributed by atoms with van der Waals surface area (Å²) in [6.45, 7) is 3.01. The molecule has 6 rings (SSSR count). The maximum atomic E-state index is 12.6. The normalized spacial score (nSPS) is 13.7. The molecule has 0 spiro atoms. The molecule has 1 fully saturated rings. The highest BCUT2D eigenvalue weighted by molar-refractivity contribution is 5.94. The Bertz CT molecular complexity index is 1490. The van der Waals surface area contributed by atoms with Gasteiger partial charge in [-0.05, 0) is 42.0 Å². The van der Waals surface area contributed by atoms with E-state index in [0.29, 0.717) is 13.2 Å². The minimum absolute atomic E-state index is 0.122. The van der Waals surface area contributed by atoms with Crippen molar-refractivity contribution in [1.82, 2.24) is 30.1 Å². The predicted molar refractivity (Wildman–Crippen MR) is 137 cm³/mol. The van der Waals surface area contributed by atoms with Gasteiger partial charge in [-0.2, -0.15) is 5.10 Å². The third kappa shape index (κ3) is 4.53. The summed E-state index contributed by atoms with van der Waals surface area (Å²) in [7, 11) is 0. The van der Waals surface area contributed by atoms with Crippen molar-refractivity contribution in [2.24, 2.45) is 0 Å². The van der Waals surface area contributed by atoms with Crippen molar-refractivity contribution in [2.75, 3.05) is 36.5 Å². The number of rotatable bonds is 6. The molecule has 10 nitrogen and oxygen atoms in total. The lowest BCUT2D eigenvalue weighted by Crippen LogP contribution is -2.36. The van der Waals surface area contributed by atoms with Gasteiger partial charge in [-0.3, -0.25) is 14.9 Å². The van der Waals surface area contributed by atoms with Gasteiger partial charge in [-0.15, -0.1) is 0 Å². The van der Waals surface area contributed by atoms with Crippen LogP contribution in [0.4, 0.5) is 11.5 Å².